The zero-order chi connectivity index (χ0) is 20.1. The van der Waals surface area contributed by atoms with Crippen molar-refractivity contribution in [3.63, 3.8) is 0 Å². The summed E-state index contributed by atoms with van der Waals surface area (Å²) in [7, 11) is 0. The van der Waals surface area contributed by atoms with Gasteiger partial charge in [-0.25, -0.2) is 9.59 Å². The van der Waals surface area contributed by atoms with Crippen LogP contribution in [0.4, 0.5) is 0 Å². The molecule has 0 N–H and O–H groups in total. The van der Waals surface area contributed by atoms with Gasteiger partial charge in [-0.05, 0) is 25.0 Å². The Balaban J connectivity index is 2.25. The molecule has 0 aliphatic carbocycles. The minimum absolute atomic E-state index is 0.150. The fourth-order valence-corrected chi connectivity index (χ4v) is 1.85. The van der Waals surface area contributed by atoms with Gasteiger partial charge < -0.3 is 18.9 Å². The first-order valence-corrected chi connectivity index (χ1v) is 9.03. The van der Waals surface area contributed by atoms with Gasteiger partial charge >= 0.3 is 11.9 Å². The van der Waals surface area contributed by atoms with Crippen molar-refractivity contribution in [3.05, 3.63) is 48.6 Å². The van der Waals surface area contributed by atoms with Crippen molar-refractivity contribution in [1.29, 1.82) is 0 Å². The van der Waals surface area contributed by atoms with Crippen LogP contribution >= 0.6 is 0 Å². The monoisotopic (exact) mass is 376 g/mol. The zero-order valence-corrected chi connectivity index (χ0v) is 16.1. The molecule has 0 heterocycles. The van der Waals surface area contributed by atoms with Crippen molar-refractivity contribution in [2.24, 2.45) is 0 Å². The van der Waals surface area contributed by atoms with E-state index in [4.69, 9.17) is 18.9 Å². The molecule has 1 rings (SSSR count). The highest BCUT2D eigenvalue weighted by Gasteiger charge is 2.07. The van der Waals surface area contributed by atoms with Crippen LogP contribution < -0.4 is 9.47 Å². The molecular formula is C21H28O6. The molecule has 148 valence electrons. The molecule has 1 aromatic carbocycles. The molecule has 1 aromatic rings. The molecule has 0 saturated heterocycles. The molecule has 0 amide bonds. The van der Waals surface area contributed by atoms with E-state index in [0.29, 0.717) is 48.5 Å². The molecule has 0 unspecified atom stereocenters. The van der Waals surface area contributed by atoms with Crippen molar-refractivity contribution < 1.29 is 28.5 Å². The van der Waals surface area contributed by atoms with Crippen LogP contribution in [0.5, 0.6) is 11.5 Å². The lowest BCUT2D eigenvalue weighted by atomic mass is 10.2. The minimum atomic E-state index is -0.401. The third-order valence-electron chi connectivity index (χ3n) is 3.61. The van der Waals surface area contributed by atoms with Crippen LogP contribution in [0.2, 0.25) is 0 Å². The van der Waals surface area contributed by atoms with E-state index in [0.717, 1.165) is 0 Å². The van der Waals surface area contributed by atoms with Crippen LogP contribution in [-0.4, -0.2) is 38.4 Å². The van der Waals surface area contributed by atoms with Crippen molar-refractivity contribution in [1.82, 2.24) is 0 Å². The molecule has 6 nitrogen and oxygen atoms in total. The lowest BCUT2D eigenvalue weighted by Crippen LogP contribution is -2.13. The first kappa shape index (κ1) is 22.3. The fraction of sp³-hybridized carbons (Fsp3) is 0.429. The van der Waals surface area contributed by atoms with E-state index in [1.807, 2.05) is 19.9 Å². The van der Waals surface area contributed by atoms with Crippen LogP contribution in [0.15, 0.2) is 48.6 Å². The Labute approximate surface area is 160 Å². The SMILES string of the molecule is C=C(CC)C(=O)OCCCOc1cccc(OCCOC(=O)C(=C)CC)c1. The Hall–Kier alpha value is -2.76. The second kappa shape index (κ2) is 12.6. The average molecular weight is 376 g/mol. The Kier molecular flexibility index (Phi) is 10.4. The lowest BCUT2D eigenvalue weighted by Gasteiger charge is -2.10. The van der Waals surface area contributed by atoms with Gasteiger partial charge in [-0.2, -0.15) is 0 Å². The summed E-state index contributed by atoms with van der Waals surface area (Å²) in [5.74, 6) is 0.495. The van der Waals surface area contributed by atoms with Crippen LogP contribution in [-0.2, 0) is 19.1 Å². The second-order valence-electron chi connectivity index (χ2n) is 5.71. The van der Waals surface area contributed by atoms with Crippen LogP contribution in [0.1, 0.15) is 33.1 Å². The predicted molar refractivity (Wildman–Crippen MR) is 103 cm³/mol. The number of esters is 2. The molecule has 0 saturated carbocycles. The zero-order valence-electron chi connectivity index (χ0n) is 16.1. The molecule has 6 heteroatoms. The third kappa shape index (κ3) is 8.94. The Bertz CT molecular complexity index is 650. The predicted octanol–water partition coefficient (Wildman–Crippen LogP) is 3.85. The summed E-state index contributed by atoms with van der Waals surface area (Å²) >= 11 is 0. The number of carbonyl (C=O) groups is 2. The third-order valence-corrected chi connectivity index (χ3v) is 3.61. The molecule has 0 aliphatic rings. The summed E-state index contributed by atoms with van der Waals surface area (Å²) in [6.45, 7) is 12.0. The highest BCUT2D eigenvalue weighted by atomic mass is 16.6. The van der Waals surface area contributed by atoms with Gasteiger partial charge in [-0.3, -0.25) is 0 Å². The topological polar surface area (TPSA) is 71.1 Å². The van der Waals surface area contributed by atoms with Crippen molar-refractivity contribution in [2.75, 3.05) is 26.4 Å². The molecule has 27 heavy (non-hydrogen) atoms. The van der Waals surface area contributed by atoms with Crippen molar-refractivity contribution >= 4 is 11.9 Å². The van der Waals surface area contributed by atoms with E-state index in [2.05, 4.69) is 13.2 Å². The van der Waals surface area contributed by atoms with Gasteiger partial charge in [0.15, 0.2) is 0 Å². The number of rotatable bonds is 13. The van der Waals surface area contributed by atoms with E-state index in [-0.39, 0.29) is 25.8 Å². The highest BCUT2D eigenvalue weighted by Crippen LogP contribution is 2.19. The van der Waals surface area contributed by atoms with Crippen molar-refractivity contribution in [3.8, 4) is 11.5 Å². The molecular weight excluding hydrogens is 348 g/mol. The van der Waals surface area contributed by atoms with Gasteiger partial charge in [0.2, 0.25) is 0 Å². The van der Waals surface area contributed by atoms with E-state index in [1.54, 1.807) is 18.2 Å². The summed E-state index contributed by atoms with van der Waals surface area (Å²) in [4.78, 5) is 22.9. The van der Waals surface area contributed by atoms with E-state index in [1.165, 1.54) is 0 Å². The van der Waals surface area contributed by atoms with E-state index in [9.17, 15) is 9.59 Å². The first-order chi connectivity index (χ1) is 13.0. The molecule has 0 atom stereocenters. The molecule has 0 aromatic heterocycles. The van der Waals surface area contributed by atoms with Gasteiger partial charge in [-0.1, -0.05) is 33.1 Å². The second-order valence-corrected chi connectivity index (χ2v) is 5.71. The molecule has 0 aliphatic heterocycles. The Morgan fingerprint density at radius 2 is 1.33 bits per heavy atom. The summed E-state index contributed by atoms with van der Waals surface area (Å²) in [5.41, 5.74) is 0.903. The molecule has 0 fully saturated rings. The Morgan fingerprint density at radius 3 is 1.89 bits per heavy atom. The van der Waals surface area contributed by atoms with Crippen LogP contribution in [0, 0.1) is 0 Å². The Morgan fingerprint density at radius 1 is 0.815 bits per heavy atom. The summed E-state index contributed by atoms with van der Waals surface area (Å²) in [6, 6.07) is 7.15. The maximum atomic E-state index is 11.5. The maximum absolute atomic E-state index is 11.5. The first-order valence-electron chi connectivity index (χ1n) is 9.03. The molecule has 0 spiro atoms. The minimum Gasteiger partial charge on any atom is -0.493 e. The largest absolute Gasteiger partial charge is 0.493 e. The van der Waals surface area contributed by atoms with Crippen LogP contribution in [0.25, 0.3) is 0 Å². The molecule has 0 radical (unpaired) electrons. The van der Waals surface area contributed by atoms with Gasteiger partial charge in [0, 0.05) is 23.6 Å². The highest BCUT2D eigenvalue weighted by molar-refractivity contribution is 5.87. The van der Waals surface area contributed by atoms with Crippen LogP contribution in [0.3, 0.4) is 0 Å². The molecule has 0 bridgehead atoms. The summed E-state index contributed by atoms with van der Waals surface area (Å²) < 4.78 is 21.3. The number of benzene rings is 1. The number of hydrogen-bond acceptors (Lipinski definition) is 6. The standard InChI is InChI=1S/C21H28O6/c1-5-16(3)20(22)26-12-8-11-24-18-9-7-10-19(15-18)25-13-14-27-21(23)17(4)6-2/h7,9-10,15H,3-6,8,11-14H2,1-2H3. The van der Waals surface area contributed by atoms with E-state index < -0.39 is 5.97 Å². The van der Waals surface area contributed by atoms with Gasteiger partial charge in [0.1, 0.15) is 24.7 Å². The lowest BCUT2D eigenvalue weighted by molar-refractivity contribution is -0.140. The normalized spacial score (nSPS) is 10.0. The number of carbonyl (C=O) groups excluding carboxylic acids is 2. The van der Waals surface area contributed by atoms with E-state index >= 15 is 0 Å². The van der Waals surface area contributed by atoms with Gasteiger partial charge in [-0.15, -0.1) is 0 Å². The summed E-state index contributed by atoms with van der Waals surface area (Å²) in [6.07, 6.45) is 1.71. The maximum Gasteiger partial charge on any atom is 0.333 e. The quantitative estimate of drug-likeness (QED) is 0.296. The van der Waals surface area contributed by atoms with Gasteiger partial charge in [0.25, 0.3) is 0 Å². The van der Waals surface area contributed by atoms with Crippen molar-refractivity contribution in [2.45, 2.75) is 33.1 Å². The fourth-order valence-electron chi connectivity index (χ4n) is 1.85. The van der Waals surface area contributed by atoms with Gasteiger partial charge in [0.05, 0.1) is 13.2 Å². The number of hydrogen-bond donors (Lipinski definition) is 0. The number of ether oxygens (including phenoxy) is 4. The smallest absolute Gasteiger partial charge is 0.333 e. The summed E-state index contributed by atoms with van der Waals surface area (Å²) in [5, 5.41) is 0. The average Bonchev–Trinajstić information content (AvgIpc) is 2.69.